The molecule has 0 aliphatic carbocycles. The zero-order chi connectivity index (χ0) is 10.6. The number of carboxylic acid groups (broad SMARTS) is 1. The summed E-state index contributed by atoms with van der Waals surface area (Å²) in [4.78, 5) is 13.1. The van der Waals surface area contributed by atoms with E-state index in [0.29, 0.717) is 5.92 Å². The van der Waals surface area contributed by atoms with Crippen molar-refractivity contribution in [2.75, 3.05) is 25.1 Å². The first-order valence-electron chi connectivity index (χ1n) is 5.12. The summed E-state index contributed by atoms with van der Waals surface area (Å²) in [5, 5.41) is 9.06. The van der Waals surface area contributed by atoms with Crippen molar-refractivity contribution in [3.8, 4) is 0 Å². The van der Waals surface area contributed by atoms with Gasteiger partial charge in [0.05, 0.1) is 0 Å². The minimum Gasteiger partial charge on any atom is -0.480 e. The molecule has 1 heterocycles. The summed E-state index contributed by atoms with van der Waals surface area (Å²) in [6.45, 7) is 3.92. The lowest BCUT2D eigenvalue weighted by Gasteiger charge is -2.22. The quantitative estimate of drug-likeness (QED) is 0.709. The summed E-state index contributed by atoms with van der Waals surface area (Å²) >= 11 is 1.82. The number of thioether (sulfide) groups is 1. The Kier molecular flexibility index (Phi) is 4.75. The van der Waals surface area contributed by atoms with Crippen LogP contribution in [-0.4, -0.2) is 47.1 Å². The molecule has 1 N–H and O–H groups in total. The lowest BCUT2D eigenvalue weighted by Crippen LogP contribution is -2.39. The summed E-state index contributed by atoms with van der Waals surface area (Å²) in [5.41, 5.74) is 0. The number of rotatable bonds is 5. The second kappa shape index (κ2) is 5.61. The number of nitrogens with zero attached hydrogens (tertiary/aromatic N) is 1. The lowest BCUT2D eigenvalue weighted by atomic mass is 10.0. The Hall–Kier alpha value is -0.220. The number of carboxylic acids is 1. The highest BCUT2D eigenvalue weighted by molar-refractivity contribution is 7.98. The molecule has 2 unspecified atom stereocenters. The molecular weight excluding hydrogens is 198 g/mol. The van der Waals surface area contributed by atoms with Crippen LogP contribution in [0.25, 0.3) is 0 Å². The fourth-order valence-electron chi connectivity index (χ4n) is 2.09. The molecule has 0 aromatic carbocycles. The Morgan fingerprint density at radius 2 is 2.36 bits per heavy atom. The van der Waals surface area contributed by atoms with E-state index in [0.717, 1.165) is 31.7 Å². The van der Waals surface area contributed by atoms with Crippen LogP contribution in [0.15, 0.2) is 0 Å². The maximum Gasteiger partial charge on any atom is 0.321 e. The first kappa shape index (κ1) is 11.9. The molecule has 0 saturated carbocycles. The van der Waals surface area contributed by atoms with Gasteiger partial charge in [0.2, 0.25) is 0 Å². The molecule has 1 rings (SSSR count). The normalized spacial score (nSPS) is 28.1. The highest BCUT2D eigenvalue weighted by Crippen LogP contribution is 2.24. The third-order valence-corrected chi connectivity index (χ3v) is 3.55. The van der Waals surface area contributed by atoms with Crippen molar-refractivity contribution in [3.63, 3.8) is 0 Å². The van der Waals surface area contributed by atoms with Gasteiger partial charge in [-0.2, -0.15) is 11.8 Å². The molecule has 0 radical (unpaired) electrons. The van der Waals surface area contributed by atoms with E-state index in [1.165, 1.54) is 0 Å². The maximum absolute atomic E-state index is 11.0. The van der Waals surface area contributed by atoms with E-state index in [4.69, 9.17) is 5.11 Å². The van der Waals surface area contributed by atoms with Crippen molar-refractivity contribution in [1.82, 2.24) is 4.90 Å². The minimum atomic E-state index is -0.654. The van der Waals surface area contributed by atoms with Crippen molar-refractivity contribution in [2.24, 2.45) is 5.92 Å². The monoisotopic (exact) mass is 217 g/mol. The highest BCUT2D eigenvalue weighted by Gasteiger charge is 2.35. The van der Waals surface area contributed by atoms with Crippen molar-refractivity contribution >= 4 is 17.7 Å². The van der Waals surface area contributed by atoms with E-state index in [1.54, 1.807) is 0 Å². The van der Waals surface area contributed by atoms with Gasteiger partial charge in [-0.05, 0) is 43.9 Å². The fourth-order valence-corrected chi connectivity index (χ4v) is 2.51. The molecule has 3 nitrogen and oxygen atoms in total. The smallest absolute Gasteiger partial charge is 0.321 e. The topological polar surface area (TPSA) is 40.5 Å². The predicted molar refractivity (Wildman–Crippen MR) is 59.8 cm³/mol. The molecule has 0 amide bonds. The molecule has 1 aliphatic rings. The molecule has 1 aliphatic heterocycles. The average molecular weight is 217 g/mol. The van der Waals surface area contributed by atoms with Gasteiger partial charge in [-0.25, -0.2) is 0 Å². The van der Waals surface area contributed by atoms with Gasteiger partial charge in [0.15, 0.2) is 0 Å². The second-order valence-electron chi connectivity index (χ2n) is 3.93. The van der Waals surface area contributed by atoms with Gasteiger partial charge < -0.3 is 5.11 Å². The van der Waals surface area contributed by atoms with Gasteiger partial charge in [-0.1, -0.05) is 6.92 Å². The highest BCUT2D eigenvalue weighted by atomic mass is 32.2. The van der Waals surface area contributed by atoms with Crippen LogP contribution in [0.4, 0.5) is 0 Å². The first-order valence-corrected chi connectivity index (χ1v) is 6.52. The van der Waals surface area contributed by atoms with Crippen molar-refractivity contribution < 1.29 is 9.90 Å². The number of hydrogen-bond donors (Lipinski definition) is 1. The van der Waals surface area contributed by atoms with E-state index in [1.807, 2.05) is 18.7 Å². The Morgan fingerprint density at radius 1 is 1.64 bits per heavy atom. The summed E-state index contributed by atoms with van der Waals surface area (Å²) < 4.78 is 0. The molecular formula is C10H19NO2S. The molecule has 14 heavy (non-hydrogen) atoms. The van der Waals surface area contributed by atoms with Crippen molar-refractivity contribution in [3.05, 3.63) is 0 Å². The first-order chi connectivity index (χ1) is 6.66. The maximum atomic E-state index is 11.0. The number of aliphatic carboxylic acids is 1. The number of hydrogen-bond acceptors (Lipinski definition) is 3. The van der Waals surface area contributed by atoms with E-state index in [9.17, 15) is 4.79 Å². The third-order valence-electron chi connectivity index (χ3n) is 2.85. The average Bonchev–Trinajstić information content (AvgIpc) is 2.47. The van der Waals surface area contributed by atoms with Crippen molar-refractivity contribution in [2.45, 2.75) is 25.8 Å². The van der Waals surface area contributed by atoms with Crippen molar-refractivity contribution in [1.29, 1.82) is 0 Å². The summed E-state index contributed by atoms with van der Waals surface area (Å²) in [6.07, 6.45) is 4.20. The Morgan fingerprint density at radius 3 is 2.93 bits per heavy atom. The molecule has 1 fully saturated rings. The van der Waals surface area contributed by atoms with E-state index in [-0.39, 0.29) is 6.04 Å². The third kappa shape index (κ3) is 2.89. The van der Waals surface area contributed by atoms with Gasteiger partial charge in [-0.15, -0.1) is 0 Å². The minimum absolute atomic E-state index is 0.239. The second-order valence-corrected chi connectivity index (χ2v) is 4.92. The standard InChI is InChI=1S/C10H19NO2S/c1-8-4-6-11(5-3-7-14-2)9(8)10(12)13/h8-9H,3-7H2,1-2H3,(H,12,13). The zero-order valence-corrected chi connectivity index (χ0v) is 9.72. The van der Waals surface area contributed by atoms with Gasteiger partial charge in [0.1, 0.15) is 6.04 Å². The summed E-state index contributed by atoms with van der Waals surface area (Å²) in [6, 6.07) is -0.239. The molecule has 0 bridgehead atoms. The van der Waals surface area contributed by atoms with Crippen LogP contribution in [0.2, 0.25) is 0 Å². The number of carbonyl (C=O) groups is 1. The van der Waals surface area contributed by atoms with E-state index < -0.39 is 5.97 Å². The van der Waals surface area contributed by atoms with Gasteiger partial charge in [0, 0.05) is 0 Å². The Labute approximate surface area is 89.9 Å². The lowest BCUT2D eigenvalue weighted by molar-refractivity contribution is -0.143. The molecule has 82 valence electrons. The van der Waals surface area contributed by atoms with Crippen LogP contribution in [0.1, 0.15) is 19.8 Å². The Bertz CT molecular complexity index is 199. The van der Waals surface area contributed by atoms with E-state index >= 15 is 0 Å². The van der Waals surface area contributed by atoms with Gasteiger partial charge in [0.25, 0.3) is 0 Å². The zero-order valence-electron chi connectivity index (χ0n) is 8.90. The van der Waals surface area contributed by atoms with Crippen LogP contribution in [0.5, 0.6) is 0 Å². The molecule has 0 aromatic heterocycles. The fraction of sp³-hybridized carbons (Fsp3) is 0.900. The number of likely N-dealkylation sites (tertiary alicyclic amines) is 1. The summed E-state index contributed by atoms with van der Waals surface area (Å²) in [7, 11) is 0. The molecule has 1 saturated heterocycles. The van der Waals surface area contributed by atoms with Gasteiger partial charge >= 0.3 is 5.97 Å². The van der Waals surface area contributed by atoms with Crippen LogP contribution < -0.4 is 0 Å². The van der Waals surface area contributed by atoms with Gasteiger partial charge in [-0.3, -0.25) is 9.69 Å². The van der Waals surface area contributed by atoms with E-state index in [2.05, 4.69) is 11.2 Å². The Balaban J connectivity index is 2.39. The molecule has 0 spiro atoms. The van der Waals surface area contributed by atoms with Crippen LogP contribution in [0.3, 0.4) is 0 Å². The predicted octanol–water partition coefficient (Wildman–Crippen LogP) is 1.53. The summed E-state index contributed by atoms with van der Waals surface area (Å²) in [5.74, 6) is 0.776. The van der Waals surface area contributed by atoms with Crippen LogP contribution in [-0.2, 0) is 4.79 Å². The SMILES string of the molecule is CSCCCN1CCC(C)C1C(=O)O. The van der Waals surface area contributed by atoms with Crippen LogP contribution >= 0.6 is 11.8 Å². The molecule has 2 atom stereocenters. The largest absolute Gasteiger partial charge is 0.480 e. The molecule has 0 aromatic rings. The van der Waals surface area contributed by atoms with Crippen LogP contribution in [0, 0.1) is 5.92 Å². The molecule has 4 heteroatoms.